The third-order valence-electron chi connectivity index (χ3n) is 17.1. The van der Waals surface area contributed by atoms with Crippen molar-refractivity contribution >= 4 is 163 Å². The smallest absolute Gasteiger partial charge is 0.364 e. The van der Waals surface area contributed by atoms with E-state index in [4.69, 9.17) is 90.5 Å². The first-order valence-electron chi connectivity index (χ1n) is 39.5. The third-order valence-corrected chi connectivity index (χ3v) is 17.9. The van der Waals surface area contributed by atoms with Gasteiger partial charge in [0.25, 0.3) is 5.56 Å². The van der Waals surface area contributed by atoms with Crippen molar-refractivity contribution in [3.8, 4) is 0 Å². The Bertz CT molecular complexity index is 5950. The topological polar surface area (TPSA) is 900 Å². The number of aromatic nitrogens is 16. The van der Waals surface area contributed by atoms with Gasteiger partial charge in [0.05, 0.1) is 70.4 Å². The number of esters is 6. The number of aromatic carboxylic acids is 3. The number of ether oxygens (including phenoxy) is 6. The number of anilines is 7. The molecule has 0 spiro atoms. The summed E-state index contributed by atoms with van der Waals surface area (Å²) in [6.45, 7) is 10.2. The Morgan fingerprint density at radius 3 is 1.09 bits per heavy atom. The average molecular weight is 2060 g/mol. The van der Waals surface area contributed by atoms with E-state index in [1.54, 1.807) is 26.8 Å². The lowest BCUT2D eigenvalue weighted by Crippen LogP contribution is -2.31. The Kier molecular flexibility index (Phi) is 55.0. The Morgan fingerprint density at radius 2 is 0.741 bits per heavy atom. The van der Waals surface area contributed by atoms with Crippen LogP contribution in [0.15, 0.2) is 47.5 Å². The highest BCUT2D eigenvalue weighted by atomic mass is 35.5. The molecule has 66 heteroatoms. The minimum atomic E-state index is -1.75. The summed E-state index contributed by atoms with van der Waals surface area (Å²) in [5, 5.41) is 81.1. The number of carboxylic acid groups (broad SMARTS) is 3. The minimum Gasteiger partial charge on any atom is -0.477 e. The predicted octanol–water partition coefficient (Wildman–Crippen LogP) is 3.56. The van der Waals surface area contributed by atoms with Crippen molar-refractivity contribution in [3.05, 3.63) is 188 Å². The van der Waals surface area contributed by atoms with Gasteiger partial charge in [-0.3, -0.25) is 88.9 Å². The molecule has 17 N–H and O–H groups in total. The number of aromatic amines is 6. The zero-order valence-electron chi connectivity index (χ0n) is 75.0. The van der Waals surface area contributed by atoms with E-state index in [1.165, 1.54) is 53.1 Å². The summed E-state index contributed by atoms with van der Waals surface area (Å²) in [5.74, 6) is -6.82. The molecule has 0 radical (unpaired) electrons. The van der Waals surface area contributed by atoms with Crippen molar-refractivity contribution in [2.45, 2.75) is 98.3 Å². The van der Waals surface area contributed by atoms with Crippen LogP contribution in [0.1, 0.15) is 184 Å². The molecule has 4 fully saturated rings. The summed E-state index contributed by atoms with van der Waals surface area (Å²) in [6.07, 6.45) is 15.7. The average Bonchev–Trinajstić information content (AvgIpc) is 0.797. The second kappa shape index (κ2) is 63.2. The van der Waals surface area contributed by atoms with E-state index in [0.29, 0.717) is 42.8 Å². The van der Waals surface area contributed by atoms with Crippen LogP contribution in [0.3, 0.4) is 0 Å². The minimum absolute atomic E-state index is 0. The lowest BCUT2D eigenvalue weighted by Gasteiger charge is -2.28. The molecule has 762 valence electrons. The van der Waals surface area contributed by atoms with Gasteiger partial charge in [0.2, 0.25) is 49.6 Å². The van der Waals surface area contributed by atoms with Crippen molar-refractivity contribution in [1.29, 1.82) is 0 Å². The van der Waals surface area contributed by atoms with E-state index >= 15 is 0 Å². The van der Waals surface area contributed by atoms with Gasteiger partial charge in [-0.05, 0) is 119 Å². The van der Waals surface area contributed by atoms with Crippen LogP contribution >= 0.6 is 46.4 Å². The number of alkyl halides is 1. The van der Waals surface area contributed by atoms with Gasteiger partial charge in [-0.2, -0.15) is 15.0 Å². The number of nitro groups is 4. The molecule has 8 aromatic rings. The fourth-order valence-electron chi connectivity index (χ4n) is 11.4. The summed E-state index contributed by atoms with van der Waals surface area (Å²) >= 11 is 22.4. The Hall–Kier alpha value is -16.1. The van der Waals surface area contributed by atoms with Gasteiger partial charge in [-0.15, -0.1) is 0 Å². The quantitative estimate of drug-likeness (QED) is 0.0155. The fraction of sp³-hybridized carbons (Fsp3) is 0.438. The molecule has 139 heavy (non-hydrogen) atoms. The van der Waals surface area contributed by atoms with Crippen LogP contribution < -0.4 is 70.5 Å². The highest BCUT2D eigenvalue weighted by Crippen LogP contribution is 2.34. The zero-order valence-corrected chi connectivity index (χ0v) is 77.1. The molecular formula is C73H96Cl4FN27O34. The summed E-state index contributed by atoms with van der Waals surface area (Å²) < 4.78 is 42.1. The standard InChI is InChI=1S/C11H13ClN4O4.C11H15ClN4O2.C11H16N4O2.C10H14N4O2.C6H3Cl2N3O4.C6H5N3O6.C5H3N3O6.C5H4N2O4.C4H8O2.CH3F.2CH4O.CH4/c1-20-10(17)7-8(16(18)19)9(14-11(12)13-7)15-5-3-2-4-6-15;1-18-10(17)8-7(13)9(15-11(12)14-8)16-5-3-2-4-6-16;1-17-11(16)9-8(12)10(14-7-13-9)15-5-3-2-4-6-15;11-7-8(10(15)16)12-6-13-9(7)14-4-2-1-3-5-14;1-15-5(12)2-3(11(13)14)4(7)10-6(8)9-2;1-15-5(11)2-3(9(13)14)4(10)8-6(12)7-2;9-3-2(8(13)14)1(4(10)11)6-5(12)7-3;8-3-1-2(4(9)10)6-5(11)7-3;1-3-6-4(2)5;3*1-2;/h2-6H2,1H3;2-6,13H2,1H3;7H,2-6,12H2,1H3;6H,1-5,11H2,(H,15,16);1H3;1H3,(H2,7,8,10,12);(H,10,11)(H2,6,7,9,12);1H,(H,9,10)(H2,6,7,8,11);3H2,1-2H3;1H3;2*2H,1H3;1H4/i;;;;;;;;;1D;;;. The van der Waals surface area contributed by atoms with E-state index in [0.717, 1.165) is 139 Å². The molecule has 61 nitrogen and oxygen atoms in total. The monoisotopic (exact) mass is 2050 g/mol. The number of nitrogens with zero attached hydrogens (tertiary/aromatic N) is 18. The highest BCUT2D eigenvalue weighted by Gasteiger charge is 2.35. The number of aliphatic hydroxyl groups excluding tert-OH is 2. The molecule has 0 amide bonds. The number of piperidine rings is 4. The number of carbonyl (C=O) groups is 9. The van der Waals surface area contributed by atoms with E-state index < -0.39 is 165 Å². The van der Waals surface area contributed by atoms with Gasteiger partial charge in [0, 0.05) is 79.6 Å². The van der Waals surface area contributed by atoms with Crippen molar-refractivity contribution < 1.29 is 123 Å². The van der Waals surface area contributed by atoms with E-state index in [9.17, 15) is 117 Å². The van der Waals surface area contributed by atoms with Gasteiger partial charge in [0.15, 0.2) is 34.5 Å². The number of hydrogen-bond acceptors (Lipinski definition) is 48. The Morgan fingerprint density at radius 1 is 0.424 bits per heavy atom. The molecule has 4 saturated heterocycles. The second-order valence-corrected chi connectivity index (χ2v) is 27.1. The number of carboxylic acids is 3. The van der Waals surface area contributed by atoms with Crippen molar-refractivity contribution in [1.82, 2.24) is 79.7 Å². The predicted molar refractivity (Wildman–Crippen MR) is 487 cm³/mol. The zero-order chi connectivity index (χ0) is 106. The van der Waals surface area contributed by atoms with Crippen molar-refractivity contribution in [2.75, 3.05) is 153 Å². The molecule has 0 aromatic carbocycles. The number of H-pyrrole nitrogens is 6. The van der Waals surface area contributed by atoms with Gasteiger partial charge in [-0.1, -0.05) is 19.0 Å². The van der Waals surface area contributed by atoms with Crippen molar-refractivity contribution in [3.63, 3.8) is 0 Å². The maximum Gasteiger partial charge on any atom is 0.364 e. The van der Waals surface area contributed by atoms with Crippen LogP contribution in [0, 0.1) is 40.5 Å². The lowest BCUT2D eigenvalue weighted by atomic mass is 10.1. The van der Waals surface area contributed by atoms with Gasteiger partial charge < -0.3 is 95.7 Å². The first-order valence-corrected chi connectivity index (χ1v) is 40.3. The molecular weight excluding hydrogens is 1960 g/mol. The number of nitrogens with one attached hydrogen (secondary N) is 6. The number of nitrogen functional groups attached to an aromatic ring is 3. The number of rotatable bonds is 17. The first kappa shape index (κ1) is 121. The van der Waals surface area contributed by atoms with Crippen LogP contribution in [-0.2, 0) is 33.2 Å². The molecule has 0 aliphatic carbocycles. The summed E-state index contributed by atoms with van der Waals surface area (Å²) in [4.78, 5) is 257. The van der Waals surface area contributed by atoms with Crippen LogP contribution in [0.4, 0.5) is 67.5 Å². The van der Waals surface area contributed by atoms with Gasteiger partial charge in [-0.25, -0.2) is 87.6 Å². The molecule has 4 aliphatic heterocycles. The normalized spacial score (nSPS) is 12.3. The summed E-state index contributed by atoms with van der Waals surface area (Å²) in [5.41, 5.74) is 5.41. The van der Waals surface area contributed by atoms with Crippen LogP contribution in [0.5, 0.6) is 0 Å². The van der Waals surface area contributed by atoms with Crippen molar-refractivity contribution in [2.24, 2.45) is 0 Å². The number of methoxy groups -OCH3 is 5. The number of carbonyl (C=O) groups excluding carboxylic acids is 6. The van der Waals surface area contributed by atoms with Crippen LogP contribution in [0.2, 0.25) is 21.0 Å². The molecule has 0 saturated carbocycles. The van der Waals surface area contributed by atoms with E-state index in [1.807, 2.05) is 24.8 Å². The van der Waals surface area contributed by atoms with E-state index in [2.05, 4.69) is 83.2 Å². The molecule has 4 aliphatic rings. The van der Waals surface area contributed by atoms with E-state index in [-0.39, 0.29) is 63.5 Å². The highest BCUT2D eigenvalue weighted by molar-refractivity contribution is 6.34. The Labute approximate surface area is 801 Å². The number of halogens is 5. The lowest BCUT2D eigenvalue weighted by molar-refractivity contribution is -0.387. The molecule has 0 atom stereocenters. The van der Waals surface area contributed by atoms with Gasteiger partial charge in [0.1, 0.15) is 35.4 Å². The SMILES string of the molecule is C.CCOC(C)=O.CO.CO.COC(=O)c1[nH]c(=O)[nH]c(=O)c1[N+](=O)[O-].COC(=O)c1nc(Cl)nc(Cl)c1[N+](=O)[O-].COC(=O)c1nc(Cl)nc(N2CCCCC2)c1N.COC(=O)c1nc(Cl)nc(N2CCCCC2)c1[N+](=O)[O-].COC(=O)c1ncnc(N2CCCCC2)c1N.Nc1c(C(=O)O)ncnc1N1CCCCC1.O=C(O)c1[nH]c(=O)[nH]c(=O)c1[N+](=O)[O-].O=C(O)c1cc(=O)[nH]c(=O)[nH]1.[2H]CF. The second-order valence-electron chi connectivity index (χ2n) is 25.8. The summed E-state index contributed by atoms with van der Waals surface area (Å²) in [6, 6.07) is 0.795. The maximum atomic E-state index is 11.6. The maximum absolute atomic E-state index is 11.6. The molecule has 12 heterocycles. The Balaban J connectivity index is 0.00000155. The molecule has 0 unspecified atom stereocenters. The van der Waals surface area contributed by atoms with Crippen LogP contribution in [-0.4, -0.2) is 295 Å². The van der Waals surface area contributed by atoms with Gasteiger partial charge >= 0.3 is 105 Å². The molecule has 12 rings (SSSR count). The first-order chi connectivity index (χ1) is 65.7. The number of nitrogens with two attached hydrogens (primary N) is 3. The number of hydrogen-bond donors (Lipinski definition) is 14. The fourth-order valence-corrected chi connectivity index (χ4v) is 12.2. The third kappa shape index (κ3) is 38.7. The molecule has 0 bridgehead atoms. The molecule has 8 aromatic heterocycles. The van der Waals surface area contributed by atoms with Crippen LogP contribution in [0.25, 0.3) is 0 Å². The largest absolute Gasteiger partial charge is 0.477 e. The summed E-state index contributed by atoms with van der Waals surface area (Å²) in [7, 11) is 6.73. The number of aliphatic hydroxyl groups is 2.